The molecule has 0 aliphatic heterocycles. The molecule has 20 heavy (non-hydrogen) atoms. The third-order valence-electron chi connectivity index (χ3n) is 2.48. The van der Waals surface area contributed by atoms with Crippen molar-refractivity contribution < 1.29 is 14.3 Å². The zero-order chi connectivity index (χ0) is 14.4. The van der Waals surface area contributed by atoms with Crippen molar-refractivity contribution >= 4 is 11.7 Å². The first-order valence-corrected chi connectivity index (χ1v) is 6.35. The highest BCUT2D eigenvalue weighted by Crippen LogP contribution is 2.26. The summed E-state index contributed by atoms with van der Waals surface area (Å²) in [6.45, 7) is 4.19. The number of hydrogen-bond acceptors (Lipinski definition) is 4. The van der Waals surface area contributed by atoms with Crippen LogP contribution in [0.5, 0.6) is 11.5 Å². The van der Waals surface area contributed by atoms with Gasteiger partial charge in [0.2, 0.25) is 0 Å². The Morgan fingerprint density at radius 2 is 2.00 bits per heavy atom. The van der Waals surface area contributed by atoms with Gasteiger partial charge in [-0.25, -0.2) is 0 Å². The van der Waals surface area contributed by atoms with Crippen LogP contribution >= 0.6 is 0 Å². The maximum atomic E-state index is 11.7. The van der Waals surface area contributed by atoms with Crippen LogP contribution in [0.2, 0.25) is 0 Å². The third kappa shape index (κ3) is 3.74. The second-order valence-electron chi connectivity index (χ2n) is 4.15. The van der Waals surface area contributed by atoms with Crippen molar-refractivity contribution in [3.8, 4) is 11.5 Å². The van der Waals surface area contributed by atoms with E-state index in [1.165, 1.54) is 0 Å². The van der Waals surface area contributed by atoms with Crippen LogP contribution in [-0.2, 0) is 4.79 Å². The minimum Gasteiger partial charge on any atom is -0.490 e. The number of rotatable bonds is 6. The molecule has 1 aromatic carbocycles. The Kier molecular flexibility index (Phi) is 4.60. The highest BCUT2D eigenvalue weighted by atomic mass is 16.5. The van der Waals surface area contributed by atoms with Crippen LogP contribution in [-0.4, -0.2) is 29.3 Å². The number of carbonyl (C=O) groups excluding carboxylic acids is 1. The number of para-hydroxylation sites is 2. The predicted molar refractivity (Wildman–Crippen MR) is 75.1 cm³/mol. The SMILES string of the molecule is CCOc1ccccc1OCC(=O)Nc1cc(C)[nH]n1. The maximum Gasteiger partial charge on any atom is 0.263 e. The number of ether oxygens (including phenoxy) is 2. The van der Waals surface area contributed by atoms with E-state index < -0.39 is 0 Å². The summed E-state index contributed by atoms with van der Waals surface area (Å²) in [5.41, 5.74) is 0.878. The van der Waals surface area contributed by atoms with Crippen LogP contribution in [0.25, 0.3) is 0 Å². The molecule has 2 aromatic rings. The van der Waals surface area contributed by atoms with Gasteiger partial charge in [-0.3, -0.25) is 9.89 Å². The molecule has 1 aromatic heterocycles. The van der Waals surface area contributed by atoms with E-state index >= 15 is 0 Å². The second-order valence-corrected chi connectivity index (χ2v) is 4.15. The van der Waals surface area contributed by atoms with Crippen molar-refractivity contribution in [2.24, 2.45) is 0 Å². The standard InChI is InChI=1S/C14H17N3O3/c1-3-19-11-6-4-5-7-12(11)20-9-14(18)15-13-8-10(2)16-17-13/h4-8H,3,9H2,1-2H3,(H2,15,16,17,18). The molecule has 2 rings (SSSR count). The average Bonchev–Trinajstić information content (AvgIpc) is 2.83. The fourth-order valence-corrected chi connectivity index (χ4v) is 1.65. The average molecular weight is 275 g/mol. The van der Waals surface area contributed by atoms with Gasteiger partial charge < -0.3 is 14.8 Å². The quantitative estimate of drug-likeness (QED) is 0.846. The molecule has 0 bridgehead atoms. The first-order chi connectivity index (χ1) is 9.69. The first kappa shape index (κ1) is 13.9. The number of aryl methyl sites for hydroxylation is 1. The summed E-state index contributed by atoms with van der Waals surface area (Å²) in [7, 11) is 0. The van der Waals surface area contributed by atoms with Crippen molar-refractivity contribution in [2.45, 2.75) is 13.8 Å². The Labute approximate surface area is 117 Å². The van der Waals surface area contributed by atoms with Gasteiger partial charge in [-0.15, -0.1) is 0 Å². The van der Waals surface area contributed by atoms with Crippen LogP contribution < -0.4 is 14.8 Å². The normalized spacial score (nSPS) is 10.1. The second kappa shape index (κ2) is 6.60. The molecular formula is C14H17N3O3. The van der Waals surface area contributed by atoms with Crippen LogP contribution in [0.3, 0.4) is 0 Å². The minimum absolute atomic E-state index is 0.101. The number of aromatic amines is 1. The lowest BCUT2D eigenvalue weighted by Gasteiger charge is -2.10. The molecule has 6 nitrogen and oxygen atoms in total. The maximum absolute atomic E-state index is 11.7. The van der Waals surface area contributed by atoms with Gasteiger partial charge in [0, 0.05) is 11.8 Å². The van der Waals surface area contributed by atoms with Gasteiger partial charge in [0.25, 0.3) is 5.91 Å². The van der Waals surface area contributed by atoms with Gasteiger partial charge in [0.05, 0.1) is 6.61 Å². The van der Waals surface area contributed by atoms with Gasteiger partial charge in [-0.05, 0) is 26.0 Å². The summed E-state index contributed by atoms with van der Waals surface area (Å²) >= 11 is 0. The minimum atomic E-state index is -0.275. The molecule has 6 heteroatoms. The van der Waals surface area contributed by atoms with Crippen molar-refractivity contribution in [2.75, 3.05) is 18.5 Å². The molecule has 0 saturated carbocycles. The number of nitrogens with zero attached hydrogens (tertiary/aromatic N) is 1. The summed E-state index contributed by atoms with van der Waals surface area (Å²) in [6.07, 6.45) is 0. The summed E-state index contributed by atoms with van der Waals surface area (Å²) < 4.78 is 10.9. The van der Waals surface area contributed by atoms with Crippen molar-refractivity contribution in [1.29, 1.82) is 0 Å². The monoisotopic (exact) mass is 275 g/mol. The molecule has 0 atom stereocenters. The van der Waals surface area contributed by atoms with Crippen molar-refractivity contribution in [1.82, 2.24) is 10.2 Å². The number of hydrogen-bond donors (Lipinski definition) is 2. The van der Waals surface area contributed by atoms with E-state index in [0.717, 1.165) is 5.69 Å². The van der Waals surface area contributed by atoms with Gasteiger partial charge >= 0.3 is 0 Å². The molecule has 2 N–H and O–H groups in total. The molecule has 0 unspecified atom stereocenters. The number of nitrogens with one attached hydrogen (secondary N) is 2. The van der Waals surface area contributed by atoms with Gasteiger partial charge in [0.1, 0.15) is 0 Å². The smallest absolute Gasteiger partial charge is 0.263 e. The van der Waals surface area contributed by atoms with E-state index in [1.54, 1.807) is 18.2 Å². The number of anilines is 1. The Balaban J connectivity index is 1.90. The van der Waals surface area contributed by atoms with Gasteiger partial charge in [0.15, 0.2) is 23.9 Å². The van der Waals surface area contributed by atoms with Crippen LogP contribution in [0, 0.1) is 6.92 Å². The lowest BCUT2D eigenvalue weighted by Crippen LogP contribution is -2.20. The Morgan fingerprint density at radius 1 is 1.30 bits per heavy atom. The molecule has 0 fully saturated rings. The molecule has 0 radical (unpaired) electrons. The summed E-state index contributed by atoms with van der Waals surface area (Å²) in [5, 5.41) is 9.31. The van der Waals surface area contributed by atoms with E-state index in [2.05, 4.69) is 15.5 Å². The molecule has 0 saturated heterocycles. The molecule has 106 valence electrons. The van der Waals surface area contributed by atoms with E-state index in [-0.39, 0.29) is 12.5 Å². The zero-order valence-corrected chi connectivity index (χ0v) is 11.5. The van der Waals surface area contributed by atoms with Crippen molar-refractivity contribution in [3.05, 3.63) is 36.0 Å². The molecule has 1 heterocycles. The third-order valence-corrected chi connectivity index (χ3v) is 2.48. The van der Waals surface area contributed by atoms with E-state index in [0.29, 0.717) is 23.9 Å². The van der Waals surface area contributed by atoms with Gasteiger partial charge in [-0.2, -0.15) is 5.10 Å². The first-order valence-electron chi connectivity index (χ1n) is 6.35. The molecule has 0 spiro atoms. The molecule has 1 amide bonds. The largest absolute Gasteiger partial charge is 0.490 e. The molecule has 0 aliphatic rings. The Bertz CT molecular complexity index is 581. The van der Waals surface area contributed by atoms with E-state index in [9.17, 15) is 4.79 Å². The molecular weight excluding hydrogens is 258 g/mol. The topological polar surface area (TPSA) is 76.2 Å². The highest BCUT2D eigenvalue weighted by Gasteiger charge is 2.08. The van der Waals surface area contributed by atoms with Crippen LogP contribution in [0.1, 0.15) is 12.6 Å². The number of H-pyrrole nitrogens is 1. The number of aromatic nitrogens is 2. The predicted octanol–water partition coefficient (Wildman–Crippen LogP) is 2.13. The molecule has 0 aliphatic carbocycles. The van der Waals surface area contributed by atoms with Gasteiger partial charge in [-0.1, -0.05) is 12.1 Å². The van der Waals surface area contributed by atoms with E-state index in [4.69, 9.17) is 9.47 Å². The number of benzene rings is 1. The Morgan fingerprint density at radius 3 is 2.60 bits per heavy atom. The highest BCUT2D eigenvalue weighted by molar-refractivity contribution is 5.91. The van der Waals surface area contributed by atoms with Crippen LogP contribution in [0.4, 0.5) is 5.82 Å². The number of amides is 1. The number of carbonyl (C=O) groups is 1. The van der Waals surface area contributed by atoms with E-state index in [1.807, 2.05) is 26.0 Å². The summed E-state index contributed by atoms with van der Waals surface area (Å²) in [6, 6.07) is 8.98. The van der Waals surface area contributed by atoms with Crippen LogP contribution in [0.15, 0.2) is 30.3 Å². The fraction of sp³-hybridized carbons (Fsp3) is 0.286. The Hall–Kier alpha value is -2.50. The fourth-order valence-electron chi connectivity index (χ4n) is 1.65. The lowest BCUT2D eigenvalue weighted by molar-refractivity contribution is -0.118. The lowest BCUT2D eigenvalue weighted by atomic mass is 10.3. The summed E-state index contributed by atoms with van der Waals surface area (Å²) in [4.78, 5) is 11.7. The van der Waals surface area contributed by atoms with Crippen molar-refractivity contribution in [3.63, 3.8) is 0 Å². The zero-order valence-electron chi connectivity index (χ0n) is 11.5. The summed E-state index contributed by atoms with van der Waals surface area (Å²) in [5.74, 6) is 1.37.